The minimum absolute atomic E-state index is 0.119. The summed E-state index contributed by atoms with van der Waals surface area (Å²) in [5.41, 5.74) is 2.66. The smallest absolute Gasteiger partial charge is 0.0624 e. The second-order valence-electron chi connectivity index (χ2n) is 6.17. The summed E-state index contributed by atoms with van der Waals surface area (Å²) in [5.74, 6) is 0. The molecule has 4 heteroatoms. The molecule has 0 saturated carbocycles. The molecule has 4 nitrogen and oxygen atoms in total. The molecule has 0 saturated heterocycles. The molecular weight excluding hydrogens is 260 g/mol. The highest BCUT2D eigenvalue weighted by Crippen LogP contribution is 2.22. The quantitative estimate of drug-likeness (QED) is 0.760. The van der Waals surface area contributed by atoms with Crippen molar-refractivity contribution in [3.05, 3.63) is 17.5 Å². The van der Waals surface area contributed by atoms with Crippen molar-refractivity contribution >= 4 is 0 Å². The highest BCUT2D eigenvalue weighted by atomic mass is 15.3. The fraction of sp³-hybridized carbons (Fsp3) is 0.824. The minimum Gasteiger partial charge on any atom is -0.315 e. The number of likely N-dealkylation sites (N-methyl/N-ethyl adjacent to an activating group) is 2. The molecule has 1 unspecified atom stereocenters. The van der Waals surface area contributed by atoms with Crippen LogP contribution in [0.5, 0.6) is 0 Å². The van der Waals surface area contributed by atoms with Gasteiger partial charge in [-0.15, -0.1) is 0 Å². The lowest BCUT2D eigenvalue weighted by atomic mass is 9.88. The van der Waals surface area contributed by atoms with E-state index in [1.54, 1.807) is 0 Å². The zero-order valence-corrected chi connectivity index (χ0v) is 15.0. The maximum atomic E-state index is 4.68. The summed E-state index contributed by atoms with van der Waals surface area (Å²) >= 11 is 0. The van der Waals surface area contributed by atoms with Gasteiger partial charge in [-0.05, 0) is 53.4 Å². The summed E-state index contributed by atoms with van der Waals surface area (Å²) in [7, 11) is 2.07. The minimum atomic E-state index is 0.119. The highest BCUT2D eigenvalue weighted by molar-refractivity contribution is 5.13. The average Bonchev–Trinajstić information content (AvgIpc) is 2.87. The van der Waals surface area contributed by atoms with Crippen LogP contribution in [0.3, 0.4) is 0 Å². The fourth-order valence-corrected chi connectivity index (χ4v) is 3.30. The van der Waals surface area contributed by atoms with Crippen molar-refractivity contribution in [1.29, 1.82) is 0 Å². The second-order valence-corrected chi connectivity index (χ2v) is 6.17. The maximum absolute atomic E-state index is 4.68. The van der Waals surface area contributed by atoms with Crippen LogP contribution in [-0.4, -0.2) is 46.4 Å². The largest absolute Gasteiger partial charge is 0.315 e. The van der Waals surface area contributed by atoms with E-state index in [9.17, 15) is 0 Å². The number of aromatic nitrogens is 2. The Kier molecular flexibility index (Phi) is 6.88. The maximum Gasteiger partial charge on any atom is 0.0624 e. The zero-order valence-electron chi connectivity index (χ0n) is 15.0. The second kappa shape index (κ2) is 7.95. The van der Waals surface area contributed by atoms with E-state index in [0.29, 0.717) is 6.04 Å². The molecule has 0 spiro atoms. The molecule has 122 valence electrons. The first-order chi connectivity index (χ1) is 9.94. The van der Waals surface area contributed by atoms with Crippen LogP contribution in [0.15, 0.2) is 6.07 Å². The van der Waals surface area contributed by atoms with Gasteiger partial charge in [0.2, 0.25) is 0 Å². The molecule has 0 amide bonds. The third-order valence-corrected chi connectivity index (χ3v) is 4.77. The molecule has 21 heavy (non-hydrogen) atoms. The number of hydrogen-bond acceptors (Lipinski definition) is 3. The Bertz CT molecular complexity index is 418. The van der Waals surface area contributed by atoms with Crippen molar-refractivity contribution < 1.29 is 0 Å². The van der Waals surface area contributed by atoms with Crippen molar-refractivity contribution in [3.63, 3.8) is 0 Å². The Morgan fingerprint density at radius 1 is 1.24 bits per heavy atom. The van der Waals surface area contributed by atoms with Gasteiger partial charge in [0, 0.05) is 30.2 Å². The van der Waals surface area contributed by atoms with E-state index in [1.807, 2.05) is 0 Å². The molecule has 1 aromatic rings. The summed E-state index contributed by atoms with van der Waals surface area (Å²) in [6.45, 7) is 16.6. The first kappa shape index (κ1) is 18.2. The molecule has 0 aliphatic carbocycles. The summed E-state index contributed by atoms with van der Waals surface area (Å²) in [6.07, 6.45) is 2.02. The van der Waals surface area contributed by atoms with Gasteiger partial charge >= 0.3 is 0 Å². The molecule has 1 N–H and O–H groups in total. The molecule has 1 rings (SSSR count). The summed E-state index contributed by atoms with van der Waals surface area (Å²) in [4.78, 5) is 2.53. The third-order valence-electron chi connectivity index (χ3n) is 4.77. The van der Waals surface area contributed by atoms with Gasteiger partial charge < -0.3 is 5.32 Å². The van der Waals surface area contributed by atoms with Gasteiger partial charge in [0.25, 0.3) is 0 Å². The third kappa shape index (κ3) is 4.07. The summed E-state index contributed by atoms with van der Waals surface area (Å²) < 4.78 is 2.15. The molecule has 1 atom stereocenters. The first-order valence-electron chi connectivity index (χ1n) is 8.42. The Hall–Kier alpha value is -0.870. The van der Waals surface area contributed by atoms with Gasteiger partial charge in [-0.2, -0.15) is 5.10 Å². The van der Waals surface area contributed by atoms with Crippen LogP contribution in [0, 0.1) is 0 Å². The number of hydrogen-bond donors (Lipinski definition) is 1. The molecule has 1 heterocycles. The Balaban J connectivity index is 2.98. The van der Waals surface area contributed by atoms with Gasteiger partial charge in [0.15, 0.2) is 0 Å². The molecule has 0 bridgehead atoms. The number of aryl methyl sites for hydroxylation is 2. The Labute approximate surface area is 130 Å². The fourth-order valence-electron chi connectivity index (χ4n) is 3.30. The molecule has 1 aromatic heterocycles. The van der Waals surface area contributed by atoms with E-state index in [-0.39, 0.29) is 5.54 Å². The standard InChI is InChI=1S/C17H34N4/c1-8-14-12-15(21(11-4)19-14)13-16(18-7)17(5,6)20(9-2)10-3/h12,16,18H,8-11,13H2,1-7H3. The first-order valence-corrected chi connectivity index (χ1v) is 8.42. The molecular formula is C17H34N4. The van der Waals surface area contributed by atoms with Gasteiger partial charge in [0.1, 0.15) is 0 Å². The average molecular weight is 294 g/mol. The molecule has 0 aliphatic heterocycles. The Morgan fingerprint density at radius 3 is 2.29 bits per heavy atom. The number of nitrogens with one attached hydrogen (secondary N) is 1. The summed E-state index contributed by atoms with van der Waals surface area (Å²) in [5, 5.41) is 8.21. The molecule has 0 aromatic carbocycles. The SMILES string of the molecule is CCc1cc(CC(NC)C(C)(C)N(CC)CC)n(CC)n1. The van der Waals surface area contributed by atoms with Crippen molar-refractivity contribution in [2.45, 2.75) is 72.5 Å². The Morgan fingerprint density at radius 2 is 1.86 bits per heavy atom. The highest BCUT2D eigenvalue weighted by Gasteiger charge is 2.33. The van der Waals surface area contributed by atoms with Crippen LogP contribution < -0.4 is 5.32 Å². The van der Waals surface area contributed by atoms with Crippen molar-refractivity contribution in [3.8, 4) is 0 Å². The van der Waals surface area contributed by atoms with E-state index in [4.69, 9.17) is 0 Å². The van der Waals surface area contributed by atoms with E-state index >= 15 is 0 Å². The van der Waals surface area contributed by atoms with E-state index in [2.05, 4.69) is 74.7 Å². The van der Waals surface area contributed by atoms with Gasteiger partial charge in [-0.3, -0.25) is 9.58 Å². The van der Waals surface area contributed by atoms with Crippen molar-refractivity contribution in [1.82, 2.24) is 20.0 Å². The van der Waals surface area contributed by atoms with Crippen LogP contribution in [0.25, 0.3) is 0 Å². The number of nitrogens with zero attached hydrogens (tertiary/aromatic N) is 3. The predicted octanol–water partition coefficient (Wildman–Crippen LogP) is 2.72. The monoisotopic (exact) mass is 294 g/mol. The van der Waals surface area contributed by atoms with Gasteiger partial charge in [-0.25, -0.2) is 0 Å². The van der Waals surface area contributed by atoms with Crippen molar-refractivity contribution in [2.24, 2.45) is 0 Å². The summed E-state index contributed by atoms with van der Waals surface area (Å²) in [6, 6.07) is 2.68. The lowest BCUT2D eigenvalue weighted by Crippen LogP contribution is -2.58. The van der Waals surface area contributed by atoms with E-state index < -0.39 is 0 Å². The van der Waals surface area contributed by atoms with Crippen LogP contribution in [0.1, 0.15) is 52.9 Å². The van der Waals surface area contributed by atoms with Gasteiger partial charge in [0.05, 0.1) is 5.69 Å². The number of rotatable bonds is 9. The normalized spacial score (nSPS) is 13.9. The lowest BCUT2D eigenvalue weighted by Gasteiger charge is -2.43. The van der Waals surface area contributed by atoms with Crippen LogP contribution in [-0.2, 0) is 19.4 Å². The van der Waals surface area contributed by atoms with E-state index in [1.165, 1.54) is 11.4 Å². The van der Waals surface area contributed by atoms with Crippen LogP contribution >= 0.6 is 0 Å². The van der Waals surface area contributed by atoms with Crippen LogP contribution in [0.2, 0.25) is 0 Å². The van der Waals surface area contributed by atoms with Crippen molar-refractivity contribution in [2.75, 3.05) is 20.1 Å². The lowest BCUT2D eigenvalue weighted by molar-refractivity contribution is 0.0935. The van der Waals surface area contributed by atoms with Crippen LogP contribution in [0.4, 0.5) is 0 Å². The topological polar surface area (TPSA) is 33.1 Å². The zero-order chi connectivity index (χ0) is 16.0. The predicted molar refractivity (Wildman–Crippen MR) is 90.8 cm³/mol. The molecule has 0 aliphatic rings. The van der Waals surface area contributed by atoms with Gasteiger partial charge in [-0.1, -0.05) is 20.8 Å². The molecule has 0 fully saturated rings. The molecule has 0 radical (unpaired) electrons. The van der Waals surface area contributed by atoms with E-state index in [0.717, 1.165) is 32.5 Å².